The molecule has 0 saturated heterocycles. The highest BCUT2D eigenvalue weighted by Gasteiger charge is 2.17. The molecule has 98 valence electrons. The molecule has 0 aliphatic heterocycles. The molecule has 0 aliphatic carbocycles. The molecule has 0 heterocycles. The Hall–Kier alpha value is -1.95. The van der Waals surface area contributed by atoms with Crippen molar-refractivity contribution in [2.24, 2.45) is 0 Å². The van der Waals surface area contributed by atoms with Crippen molar-refractivity contribution in [3.8, 4) is 5.75 Å². The van der Waals surface area contributed by atoms with Crippen molar-refractivity contribution in [2.45, 2.75) is 6.61 Å². The SMILES string of the molecule is O=[N+]([O-])c1cc(OCc2ccccc2)c(F)cc1Br. The van der Waals surface area contributed by atoms with Crippen LogP contribution < -0.4 is 4.74 Å². The number of hydrogen-bond donors (Lipinski definition) is 0. The smallest absolute Gasteiger partial charge is 0.287 e. The number of ether oxygens (including phenoxy) is 1. The third-order valence-electron chi connectivity index (χ3n) is 2.44. The molecular formula is C13H9BrFNO3. The second kappa shape index (κ2) is 5.79. The Labute approximate surface area is 117 Å². The third kappa shape index (κ3) is 3.29. The monoisotopic (exact) mass is 325 g/mol. The molecule has 4 nitrogen and oxygen atoms in total. The third-order valence-corrected chi connectivity index (χ3v) is 3.07. The highest BCUT2D eigenvalue weighted by molar-refractivity contribution is 9.10. The first-order valence-corrected chi connectivity index (χ1v) is 6.17. The lowest BCUT2D eigenvalue weighted by molar-refractivity contribution is -0.385. The van der Waals surface area contributed by atoms with Crippen LogP contribution >= 0.6 is 15.9 Å². The van der Waals surface area contributed by atoms with Crippen LogP contribution in [0.1, 0.15) is 5.56 Å². The van der Waals surface area contributed by atoms with Crippen molar-refractivity contribution in [3.63, 3.8) is 0 Å². The van der Waals surface area contributed by atoms with E-state index in [4.69, 9.17) is 4.74 Å². The molecule has 0 N–H and O–H groups in total. The molecule has 0 atom stereocenters. The van der Waals surface area contributed by atoms with Gasteiger partial charge in [-0.1, -0.05) is 30.3 Å². The van der Waals surface area contributed by atoms with E-state index in [1.807, 2.05) is 30.3 Å². The minimum atomic E-state index is -0.645. The highest BCUT2D eigenvalue weighted by Crippen LogP contribution is 2.32. The molecule has 0 fully saturated rings. The van der Waals surface area contributed by atoms with Crippen LogP contribution in [-0.4, -0.2) is 4.92 Å². The van der Waals surface area contributed by atoms with Gasteiger partial charge in [-0.05, 0) is 27.6 Å². The molecule has 2 rings (SSSR count). The van der Waals surface area contributed by atoms with Crippen molar-refractivity contribution in [1.29, 1.82) is 0 Å². The van der Waals surface area contributed by atoms with Gasteiger partial charge < -0.3 is 4.74 Å². The normalized spacial score (nSPS) is 10.2. The zero-order chi connectivity index (χ0) is 13.8. The standard InChI is InChI=1S/C13H9BrFNO3/c14-10-6-11(15)13(7-12(10)16(17)18)19-8-9-4-2-1-3-5-9/h1-7H,8H2. The first-order chi connectivity index (χ1) is 9.08. The Morgan fingerprint density at radius 1 is 1.26 bits per heavy atom. The molecule has 6 heteroatoms. The van der Waals surface area contributed by atoms with Crippen LogP contribution in [0.15, 0.2) is 46.9 Å². The lowest BCUT2D eigenvalue weighted by Gasteiger charge is -2.07. The average molecular weight is 326 g/mol. The van der Waals surface area contributed by atoms with Gasteiger partial charge in [0.2, 0.25) is 0 Å². The Kier molecular flexibility index (Phi) is 4.11. The van der Waals surface area contributed by atoms with Gasteiger partial charge >= 0.3 is 0 Å². The number of nitro benzene ring substituents is 1. The van der Waals surface area contributed by atoms with Crippen molar-refractivity contribution >= 4 is 21.6 Å². The zero-order valence-electron chi connectivity index (χ0n) is 9.68. The van der Waals surface area contributed by atoms with Gasteiger partial charge in [-0.2, -0.15) is 0 Å². The molecular weight excluding hydrogens is 317 g/mol. The average Bonchev–Trinajstić information content (AvgIpc) is 2.38. The summed E-state index contributed by atoms with van der Waals surface area (Å²) >= 11 is 2.94. The Bertz CT molecular complexity index is 604. The molecule has 0 spiro atoms. The largest absolute Gasteiger partial charge is 0.486 e. The Morgan fingerprint density at radius 3 is 2.58 bits per heavy atom. The molecule has 2 aromatic rings. The molecule has 0 bridgehead atoms. The molecule has 0 saturated carbocycles. The number of halogens is 2. The van der Waals surface area contributed by atoms with Crippen LogP contribution in [0.4, 0.5) is 10.1 Å². The molecule has 19 heavy (non-hydrogen) atoms. The van der Waals surface area contributed by atoms with Crippen LogP contribution in [0.3, 0.4) is 0 Å². The van der Waals surface area contributed by atoms with Crippen molar-refractivity contribution < 1.29 is 14.1 Å². The minimum Gasteiger partial charge on any atom is -0.486 e. The summed E-state index contributed by atoms with van der Waals surface area (Å²) < 4.78 is 19.0. The predicted octanol–water partition coefficient (Wildman–Crippen LogP) is 4.08. The van der Waals surface area contributed by atoms with Gasteiger partial charge in [0.1, 0.15) is 6.61 Å². The van der Waals surface area contributed by atoms with E-state index in [1.165, 1.54) is 0 Å². The van der Waals surface area contributed by atoms with Crippen LogP contribution in [0.25, 0.3) is 0 Å². The van der Waals surface area contributed by atoms with E-state index in [-0.39, 0.29) is 22.5 Å². The van der Waals surface area contributed by atoms with E-state index in [9.17, 15) is 14.5 Å². The number of nitro groups is 1. The number of hydrogen-bond acceptors (Lipinski definition) is 3. The molecule has 2 aromatic carbocycles. The van der Waals surface area contributed by atoms with Gasteiger partial charge in [-0.25, -0.2) is 4.39 Å². The minimum absolute atomic E-state index is 0.0852. The van der Waals surface area contributed by atoms with Crippen molar-refractivity contribution in [3.05, 3.63) is 68.4 Å². The van der Waals surface area contributed by atoms with Crippen LogP contribution in [0.2, 0.25) is 0 Å². The van der Waals surface area contributed by atoms with Gasteiger partial charge in [-0.15, -0.1) is 0 Å². The molecule has 0 amide bonds. The predicted molar refractivity (Wildman–Crippen MR) is 71.5 cm³/mol. The van der Waals surface area contributed by atoms with Gasteiger partial charge in [0.05, 0.1) is 15.5 Å². The van der Waals surface area contributed by atoms with Gasteiger partial charge in [0.15, 0.2) is 11.6 Å². The summed E-state index contributed by atoms with van der Waals surface area (Å²) in [6.45, 7) is 0.149. The van der Waals surface area contributed by atoms with E-state index in [2.05, 4.69) is 15.9 Å². The maximum atomic E-state index is 13.6. The van der Waals surface area contributed by atoms with Crippen molar-refractivity contribution in [2.75, 3.05) is 0 Å². The van der Waals surface area contributed by atoms with E-state index >= 15 is 0 Å². The summed E-state index contributed by atoms with van der Waals surface area (Å²) in [6.07, 6.45) is 0. The summed E-state index contributed by atoms with van der Waals surface area (Å²) in [7, 11) is 0. The first kappa shape index (κ1) is 13.5. The number of rotatable bonds is 4. The maximum Gasteiger partial charge on any atom is 0.287 e. The molecule has 0 aliphatic rings. The summed E-state index contributed by atoms with van der Waals surface area (Å²) in [4.78, 5) is 10.2. The van der Waals surface area contributed by atoms with Crippen LogP contribution in [0.5, 0.6) is 5.75 Å². The lowest BCUT2D eigenvalue weighted by atomic mass is 10.2. The van der Waals surface area contributed by atoms with Gasteiger partial charge in [0, 0.05) is 0 Å². The fraction of sp³-hybridized carbons (Fsp3) is 0.0769. The Morgan fingerprint density at radius 2 is 1.95 bits per heavy atom. The van der Waals surface area contributed by atoms with E-state index in [0.29, 0.717) is 0 Å². The topological polar surface area (TPSA) is 52.4 Å². The van der Waals surface area contributed by atoms with Gasteiger partial charge in [-0.3, -0.25) is 10.1 Å². The summed E-state index contributed by atoms with van der Waals surface area (Å²) in [5, 5.41) is 10.8. The molecule has 0 aromatic heterocycles. The van der Waals surface area contributed by atoms with Gasteiger partial charge in [0.25, 0.3) is 5.69 Å². The fourth-order valence-electron chi connectivity index (χ4n) is 1.50. The molecule has 0 radical (unpaired) electrons. The summed E-state index contributed by atoms with van der Waals surface area (Å²) in [5.41, 5.74) is 0.622. The number of nitrogens with zero attached hydrogens (tertiary/aromatic N) is 1. The van der Waals surface area contributed by atoms with E-state index in [1.54, 1.807) is 0 Å². The van der Waals surface area contributed by atoms with Crippen LogP contribution in [-0.2, 0) is 6.61 Å². The lowest BCUT2D eigenvalue weighted by Crippen LogP contribution is -1.99. The summed E-state index contributed by atoms with van der Waals surface area (Å²) in [5.74, 6) is -0.785. The van der Waals surface area contributed by atoms with Crippen LogP contribution in [0, 0.1) is 15.9 Å². The Balaban J connectivity index is 2.21. The fourth-order valence-corrected chi connectivity index (χ4v) is 1.96. The highest BCUT2D eigenvalue weighted by atomic mass is 79.9. The zero-order valence-corrected chi connectivity index (χ0v) is 11.3. The summed E-state index contributed by atoms with van der Waals surface area (Å²) in [6, 6.07) is 11.3. The molecule has 0 unspecified atom stereocenters. The van der Waals surface area contributed by atoms with Crippen molar-refractivity contribution in [1.82, 2.24) is 0 Å². The number of benzene rings is 2. The first-order valence-electron chi connectivity index (χ1n) is 5.38. The second-order valence-corrected chi connectivity index (χ2v) is 4.62. The second-order valence-electron chi connectivity index (χ2n) is 3.77. The van der Waals surface area contributed by atoms with E-state index < -0.39 is 10.7 Å². The quantitative estimate of drug-likeness (QED) is 0.628. The van der Waals surface area contributed by atoms with E-state index in [0.717, 1.165) is 17.7 Å². The maximum absolute atomic E-state index is 13.6.